The predicted octanol–water partition coefficient (Wildman–Crippen LogP) is 1.95. The third-order valence-electron chi connectivity index (χ3n) is 2.96. The summed E-state index contributed by atoms with van der Waals surface area (Å²) in [5.74, 6) is 0. The van der Waals surface area contributed by atoms with Crippen molar-refractivity contribution >= 4 is 21.4 Å². The molecule has 0 aliphatic carbocycles. The van der Waals surface area contributed by atoms with Crippen LogP contribution in [0.15, 0.2) is 35.4 Å². The monoisotopic (exact) mass is 311 g/mol. The van der Waals surface area contributed by atoms with Crippen LogP contribution < -0.4 is 10.5 Å². The van der Waals surface area contributed by atoms with Gasteiger partial charge >= 0.3 is 0 Å². The summed E-state index contributed by atoms with van der Waals surface area (Å²) in [4.78, 5) is 5.51. The van der Waals surface area contributed by atoms with Crippen LogP contribution in [-0.4, -0.2) is 13.4 Å². The zero-order valence-corrected chi connectivity index (χ0v) is 13.0. The molecule has 3 N–H and O–H groups in total. The minimum Gasteiger partial charge on any atom is -0.305 e. The number of rotatable bonds is 5. The highest BCUT2D eigenvalue weighted by Gasteiger charge is 2.10. The van der Waals surface area contributed by atoms with E-state index < -0.39 is 10.0 Å². The fourth-order valence-electron chi connectivity index (χ4n) is 1.80. The van der Waals surface area contributed by atoms with Gasteiger partial charge in [-0.05, 0) is 31.5 Å². The summed E-state index contributed by atoms with van der Waals surface area (Å²) in [6, 6.07) is 6.72. The molecule has 20 heavy (non-hydrogen) atoms. The molecule has 0 fully saturated rings. The predicted molar refractivity (Wildman–Crippen MR) is 79.9 cm³/mol. The molecule has 1 aromatic heterocycles. The summed E-state index contributed by atoms with van der Waals surface area (Å²) < 4.78 is 22.4. The Labute approximate surface area is 122 Å². The van der Waals surface area contributed by atoms with Crippen LogP contribution in [0.4, 0.5) is 0 Å². The maximum atomic E-state index is 11.2. The number of hydrogen-bond donors (Lipinski definition) is 2. The van der Waals surface area contributed by atoms with E-state index in [1.807, 2.05) is 20.0 Å². The third-order valence-corrected chi connectivity index (χ3v) is 4.80. The lowest BCUT2D eigenvalue weighted by Crippen LogP contribution is -2.18. The van der Waals surface area contributed by atoms with Gasteiger partial charge in [0.2, 0.25) is 10.0 Å². The molecule has 1 heterocycles. The lowest BCUT2D eigenvalue weighted by Gasteiger charge is -2.13. The van der Waals surface area contributed by atoms with E-state index in [2.05, 4.69) is 10.3 Å². The molecule has 0 saturated heterocycles. The Balaban J connectivity index is 2.00. The van der Waals surface area contributed by atoms with Crippen LogP contribution in [0.3, 0.4) is 0 Å². The largest absolute Gasteiger partial charge is 0.305 e. The van der Waals surface area contributed by atoms with Crippen LogP contribution in [0.5, 0.6) is 0 Å². The van der Waals surface area contributed by atoms with E-state index >= 15 is 0 Å². The summed E-state index contributed by atoms with van der Waals surface area (Å²) in [5, 5.41) is 9.50. The SMILES string of the molecule is Cc1ncc(CNC(C)c2ccc(S(N)(=O)=O)cc2)s1. The highest BCUT2D eigenvalue weighted by Crippen LogP contribution is 2.17. The average Bonchev–Trinajstić information content (AvgIpc) is 2.81. The van der Waals surface area contributed by atoms with E-state index in [4.69, 9.17) is 5.14 Å². The summed E-state index contributed by atoms with van der Waals surface area (Å²) in [7, 11) is -3.62. The molecule has 2 rings (SSSR count). The van der Waals surface area contributed by atoms with E-state index in [-0.39, 0.29) is 10.9 Å². The molecule has 0 saturated carbocycles. The van der Waals surface area contributed by atoms with Gasteiger partial charge in [0.25, 0.3) is 0 Å². The first kappa shape index (κ1) is 15.1. The van der Waals surface area contributed by atoms with Gasteiger partial charge in [-0.25, -0.2) is 18.5 Å². The number of aryl methyl sites for hydroxylation is 1. The van der Waals surface area contributed by atoms with Crippen LogP contribution in [-0.2, 0) is 16.6 Å². The number of benzene rings is 1. The van der Waals surface area contributed by atoms with E-state index in [0.29, 0.717) is 0 Å². The van der Waals surface area contributed by atoms with Gasteiger partial charge < -0.3 is 5.32 Å². The summed E-state index contributed by atoms with van der Waals surface area (Å²) in [6.07, 6.45) is 1.86. The van der Waals surface area contributed by atoms with Crippen LogP contribution >= 0.6 is 11.3 Å². The van der Waals surface area contributed by atoms with Gasteiger partial charge in [-0.3, -0.25) is 0 Å². The van der Waals surface area contributed by atoms with Gasteiger partial charge in [-0.2, -0.15) is 0 Å². The lowest BCUT2D eigenvalue weighted by atomic mass is 10.1. The van der Waals surface area contributed by atoms with Crippen molar-refractivity contribution in [3.8, 4) is 0 Å². The summed E-state index contributed by atoms with van der Waals surface area (Å²) >= 11 is 1.66. The van der Waals surface area contributed by atoms with E-state index in [1.165, 1.54) is 17.0 Å². The van der Waals surface area contributed by atoms with Crippen LogP contribution in [0.1, 0.15) is 28.4 Å². The second kappa shape index (κ2) is 6.01. The third kappa shape index (κ3) is 3.86. The molecule has 108 valence electrons. The van der Waals surface area contributed by atoms with Crippen LogP contribution in [0, 0.1) is 6.92 Å². The molecule has 2 aromatic rings. The zero-order chi connectivity index (χ0) is 14.8. The molecule has 7 heteroatoms. The first-order chi connectivity index (χ1) is 9.36. The van der Waals surface area contributed by atoms with Gasteiger partial charge in [0.15, 0.2) is 0 Å². The van der Waals surface area contributed by atoms with Crippen LogP contribution in [0.2, 0.25) is 0 Å². The van der Waals surface area contributed by atoms with E-state index in [1.54, 1.807) is 23.5 Å². The first-order valence-electron chi connectivity index (χ1n) is 6.14. The molecule has 1 unspecified atom stereocenters. The molecule has 0 aliphatic rings. The van der Waals surface area contributed by atoms with Gasteiger partial charge in [0, 0.05) is 23.7 Å². The average molecular weight is 311 g/mol. The van der Waals surface area contributed by atoms with E-state index in [0.717, 1.165) is 17.1 Å². The molecule has 1 atom stereocenters. The number of thiazole rings is 1. The topological polar surface area (TPSA) is 85.1 Å². The lowest BCUT2D eigenvalue weighted by molar-refractivity contribution is 0.577. The molecular formula is C13H17N3O2S2. The maximum absolute atomic E-state index is 11.2. The van der Waals surface area contributed by atoms with Crippen molar-refractivity contribution in [2.45, 2.75) is 31.3 Å². The van der Waals surface area contributed by atoms with Gasteiger partial charge in [-0.15, -0.1) is 11.3 Å². The van der Waals surface area contributed by atoms with Crippen molar-refractivity contribution in [2.24, 2.45) is 5.14 Å². The maximum Gasteiger partial charge on any atom is 0.238 e. The second-order valence-corrected chi connectivity index (χ2v) is 7.44. The number of aromatic nitrogens is 1. The molecule has 0 bridgehead atoms. The molecule has 0 amide bonds. The number of sulfonamides is 1. The Morgan fingerprint density at radius 2 is 2.00 bits per heavy atom. The Bertz CT molecular complexity index is 678. The number of nitrogens with two attached hydrogens (primary N) is 1. The number of nitrogens with zero attached hydrogens (tertiary/aromatic N) is 1. The van der Waals surface area contributed by atoms with Crippen molar-refractivity contribution in [1.82, 2.24) is 10.3 Å². The summed E-state index contributed by atoms with van der Waals surface area (Å²) in [6.45, 7) is 4.74. The fourth-order valence-corrected chi connectivity index (χ4v) is 3.07. The molecular weight excluding hydrogens is 294 g/mol. The standard InChI is InChI=1S/C13H17N3O2S2/c1-9(15-7-12-8-16-10(2)19-12)11-3-5-13(6-4-11)20(14,17)18/h3-6,8-9,15H,7H2,1-2H3,(H2,14,17,18). The van der Waals surface area contributed by atoms with E-state index in [9.17, 15) is 8.42 Å². The zero-order valence-electron chi connectivity index (χ0n) is 11.3. The highest BCUT2D eigenvalue weighted by molar-refractivity contribution is 7.89. The second-order valence-electron chi connectivity index (χ2n) is 4.56. The number of primary sulfonamides is 1. The molecule has 0 radical (unpaired) electrons. The fraction of sp³-hybridized carbons (Fsp3) is 0.308. The van der Waals surface area contributed by atoms with Gasteiger partial charge in [0.05, 0.1) is 9.90 Å². The normalized spacial score (nSPS) is 13.3. The van der Waals surface area contributed by atoms with Crippen molar-refractivity contribution in [2.75, 3.05) is 0 Å². The Morgan fingerprint density at radius 3 is 2.50 bits per heavy atom. The van der Waals surface area contributed by atoms with Crippen molar-refractivity contribution < 1.29 is 8.42 Å². The first-order valence-corrected chi connectivity index (χ1v) is 8.50. The number of nitrogens with one attached hydrogen (secondary N) is 1. The van der Waals surface area contributed by atoms with Gasteiger partial charge in [0.1, 0.15) is 0 Å². The minimum absolute atomic E-state index is 0.118. The molecule has 1 aromatic carbocycles. The number of hydrogen-bond acceptors (Lipinski definition) is 5. The van der Waals surface area contributed by atoms with Gasteiger partial charge in [-0.1, -0.05) is 12.1 Å². The molecule has 5 nitrogen and oxygen atoms in total. The van der Waals surface area contributed by atoms with Crippen molar-refractivity contribution in [3.05, 3.63) is 45.9 Å². The Kier molecular flexibility index (Phi) is 4.54. The minimum atomic E-state index is -3.62. The van der Waals surface area contributed by atoms with Crippen molar-refractivity contribution in [3.63, 3.8) is 0 Å². The Hall–Kier alpha value is -1.28. The smallest absolute Gasteiger partial charge is 0.238 e. The van der Waals surface area contributed by atoms with Crippen molar-refractivity contribution in [1.29, 1.82) is 0 Å². The highest BCUT2D eigenvalue weighted by atomic mass is 32.2. The molecule has 0 aliphatic heterocycles. The molecule has 0 spiro atoms. The quantitative estimate of drug-likeness (QED) is 0.884. The van der Waals surface area contributed by atoms with Crippen LogP contribution in [0.25, 0.3) is 0 Å². The summed E-state index contributed by atoms with van der Waals surface area (Å²) in [5.41, 5.74) is 1.01. The Morgan fingerprint density at radius 1 is 1.35 bits per heavy atom.